The highest BCUT2D eigenvalue weighted by Crippen LogP contribution is 2.43. The van der Waals surface area contributed by atoms with Gasteiger partial charge in [-0.05, 0) is 62.6 Å². The Morgan fingerprint density at radius 3 is 2.72 bits per heavy atom. The molecule has 0 aliphatic heterocycles. The van der Waals surface area contributed by atoms with Crippen molar-refractivity contribution in [2.45, 2.75) is 52.2 Å². The molecule has 1 saturated carbocycles. The van der Waals surface area contributed by atoms with E-state index in [1.54, 1.807) is 24.5 Å². The number of nitrogens with zero attached hydrogens (tertiary/aromatic N) is 2. The molecule has 2 nitrogen and oxygen atoms in total. The number of thiophene rings is 1. The van der Waals surface area contributed by atoms with Crippen LogP contribution < -0.4 is 4.57 Å². The fraction of sp³-hybridized carbons (Fsp3) is 0.310. The summed E-state index contributed by atoms with van der Waals surface area (Å²) in [6.45, 7) is -2.67. The maximum Gasteiger partial charge on any atom is 0.230 e. The van der Waals surface area contributed by atoms with E-state index in [1.807, 2.05) is 30.7 Å². The monoisotopic (exact) mass is 444 g/mol. The zero-order valence-electron chi connectivity index (χ0n) is 25.2. The Kier molecular flexibility index (Phi) is 3.16. The quantitative estimate of drug-likeness (QED) is 0.255. The summed E-state index contributed by atoms with van der Waals surface area (Å²) in [5.41, 5.74) is 4.66. The van der Waals surface area contributed by atoms with Gasteiger partial charge in [-0.2, -0.15) is 4.57 Å². The predicted molar refractivity (Wildman–Crippen MR) is 137 cm³/mol. The predicted octanol–water partition coefficient (Wildman–Crippen LogP) is 7.68. The molecular weight excluding hydrogens is 408 g/mol. The fourth-order valence-electron chi connectivity index (χ4n) is 5.19. The third-order valence-corrected chi connectivity index (χ3v) is 7.99. The number of aromatic nitrogens is 2. The van der Waals surface area contributed by atoms with Crippen molar-refractivity contribution in [3.05, 3.63) is 71.0 Å². The Labute approximate surface area is 203 Å². The highest BCUT2D eigenvalue weighted by atomic mass is 32.1. The average molecular weight is 445 g/mol. The van der Waals surface area contributed by atoms with Crippen LogP contribution in [-0.4, -0.2) is 4.98 Å². The molecule has 5 aromatic rings. The molecule has 0 radical (unpaired) electrons. The van der Waals surface area contributed by atoms with Gasteiger partial charge in [-0.3, -0.25) is 4.98 Å². The lowest BCUT2D eigenvalue weighted by Crippen LogP contribution is -2.31. The number of pyridine rings is 2. The van der Waals surface area contributed by atoms with Crippen LogP contribution in [0.5, 0.6) is 0 Å². The molecule has 32 heavy (non-hydrogen) atoms. The van der Waals surface area contributed by atoms with Gasteiger partial charge in [0.2, 0.25) is 5.69 Å². The Hall–Kier alpha value is -2.78. The molecule has 3 heterocycles. The number of hydrogen-bond acceptors (Lipinski definition) is 2. The molecule has 3 aromatic heterocycles. The SMILES string of the molecule is [2H]C([2H])([2H])c1ccc(-c2c3sc4c5ccc(C6([2H])CCCC6)cc5cnc4c3c(C([2H])([2H])[2H])c[n+]2C)c(C)c1. The standard InChI is InChI=1S/C29H29N2S/c1-17-9-11-23(18(2)13-17)27-29-25(19(3)16-31(27)4)26-28(32-29)24-12-10-21(14-22(24)15-30-26)20-7-5-6-8-20/h9-16,20H,5-8H2,1-4H3/q+1/i1D3,3D3,20D. The van der Waals surface area contributed by atoms with E-state index in [2.05, 4.69) is 12.1 Å². The first kappa shape index (κ1) is 13.7. The van der Waals surface area contributed by atoms with Gasteiger partial charge in [0.25, 0.3) is 0 Å². The number of benzene rings is 2. The van der Waals surface area contributed by atoms with Gasteiger partial charge in [-0.25, -0.2) is 0 Å². The third kappa shape index (κ3) is 2.98. The van der Waals surface area contributed by atoms with Crippen LogP contribution in [0.3, 0.4) is 0 Å². The average Bonchev–Trinajstić information content (AvgIpc) is 3.47. The molecule has 0 N–H and O–H groups in total. The largest absolute Gasteiger partial charge is 0.254 e. The topological polar surface area (TPSA) is 16.8 Å². The van der Waals surface area contributed by atoms with E-state index in [9.17, 15) is 0 Å². The van der Waals surface area contributed by atoms with Crippen molar-refractivity contribution in [2.75, 3.05) is 0 Å². The Morgan fingerprint density at radius 1 is 1.06 bits per heavy atom. The van der Waals surface area contributed by atoms with E-state index in [-0.39, 0.29) is 11.1 Å². The smallest absolute Gasteiger partial charge is 0.230 e. The number of fused-ring (bicyclic) bond motifs is 5. The van der Waals surface area contributed by atoms with E-state index in [0.717, 1.165) is 68.2 Å². The Balaban J connectivity index is 1.66. The van der Waals surface area contributed by atoms with Gasteiger partial charge in [0, 0.05) is 37.5 Å². The third-order valence-electron chi connectivity index (χ3n) is 6.77. The molecule has 1 aliphatic rings. The molecule has 0 spiro atoms. The summed E-state index contributed by atoms with van der Waals surface area (Å²) in [7, 11) is 1.83. The van der Waals surface area contributed by atoms with Gasteiger partial charge in [0.05, 0.1) is 15.8 Å². The summed E-state index contributed by atoms with van der Waals surface area (Å²) in [4.78, 5) is 4.81. The molecule has 2 aromatic carbocycles. The van der Waals surface area contributed by atoms with Crippen LogP contribution in [0.2, 0.25) is 0 Å². The number of hydrogen-bond donors (Lipinski definition) is 0. The molecule has 3 heteroatoms. The van der Waals surface area contributed by atoms with E-state index in [1.165, 1.54) is 11.3 Å². The van der Waals surface area contributed by atoms with Gasteiger partial charge in [0.15, 0.2) is 6.20 Å². The van der Waals surface area contributed by atoms with Crippen molar-refractivity contribution in [1.29, 1.82) is 0 Å². The second-order valence-electron chi connectivity index (χ2n) is 8.89. The molecule has 160 valence electrons. The molecular formula is C29H29N2S+. The van der Waals surface area contributed by atoms with Crippen LogP contribution in [0.1, 0.15) is 63.4 Å². The van der Waals surface area contributed by atoms with Crippen molar-refractivity contribution in [2.24, 2.45) is 7.05 Å². The lowest BCUT2D eigenvalue weighted by molar-refractivity contribution is -0.659. The summed E-state index contributed by atoms with van der Waals surface area (Å²) >= 11 is 1.52. The first-order chi connectivity index (χ1) is 18.3. The summed E-state index contributed by atoms with van der Waals surface area (Å²) in [6, 6.07) is 11.3. The molecule has 0 saturated heterocycles. The van der Waals surface area contributed by atoms with E-state index >= 15 is 0 Å². The van der Waals surface area contributed by atoms with Crippen molar-refractivity contribution in [3.8, 4) is 11.3 Å². The van der Waals surface area contributed by atoms with Crippen LogP contribution >= 0.6 is 11.3 Å². The molecule has 0 unspecified atom stereocenters. The van der Waals surface area contributed by atoms with E-state index in [0.29, 0.717) is 10.9 Å². The second kappa shape index (κ2) is 7.38. The van der Waals surface area contributed by atoms with Crippen molar-refractivity contribution in [1.82, 2.24) is 4.98 Å². The zero-order chi connectivity index (χ0) is 27.9. The maximum atomic E-state index is 8.95. The minimum Gasteiger partial charge on any atom is -0.254 e. The number of aryl methyl sites for hydroxylation is 4. The van der Waals surface area contributed by atoms with Crippen molar-refractivity contribution in [3.63, 3.8) is 0 Å². The van der Waals surface area contributed by atoms with Crippen LogP contribution in [0, 0.1) is 20.6 Å². The van der Waals surface area contributed by atoms with Crippen molar-refractivity contribution < 1.29 is 14.2 Å². The molecule has 6 rings (SSSR count). The van der Waals surface area contributed by atoms with Crippen LogP contribution in [-0.2, 0) is 7.05 Å². The number of rotatable bonds is 2. The highest BCUT2D eigenvalue weighted by molar-refractivity contribution is 7.27. The molecule has 1 aliphatic carbocycles. The first-order valence-corrected chi connectivity index (χ1v) is 11.9. The summed E-state index contributed by atoms with van der Waals surface area (Å²) < 4.78 is 60.8. The van der Waals surface area contributed by atoms with Crippen LogP contribution in [0.25, 0.3) is 42.3 Å². The van der Waals surface area contributed by atoms with E-state index < -0.39 is 19.6 Å². The van der Waals surface area contributed by atoms with E-state index in [4.69, 9.17) is 14.6 Å². The van der Waals surface area contributed by atoms with Gasteiger partial charge in [-0.1, -0.05) is 42.7 Å². The normalized spacial score (nSPS) is 19.9. The van der Waals surface area contributed by atoms with Gasteiger partial charge in [-0.15, -0.1) is 11.3 Å². The van der Waals surface area contributed by atoms with Gasteiger partial charge < -0.3 is 0 Å². The summed E-state index contributed by atoms with van der Waals surface area (Å²) in [6.07, 6.45) is 7.32. The molecule has 0 bridgehead atoms. The minimum atomic E-state index is -2.34. The van der Waals surface area contributed by atoms with Crippen LogP contribution in [0.4, 0.5) is 0 Å². The zero-order valence-corrected chi connectivity index (χ0v) is 19.1. The fourth-order valence-corrected chi connectivity index (χ4v) is 6.60. The maximum absolute atomic E-state index is 8.95. The molecule has 0 atom stereocenters. The second-order valence-corrected chi connectivity index (χ2v) is 9.91. The summed E-state index contributed by atoms with van der Waals surface area (Å²) in [5.74, 6) is -0.558. The Bertz CT molecular complexity index is 1780. The Morgan fingerprint density at radius 2 is 1.94 bits per heavy atom. The lowest BCUT2D eigenvalue weighted by Gasteiger charge is -2.10. The summed E-state index contributed by atoms with van der Waals surface area (Å²) in [5, 5.41) is 2.55. The molecule has 1 fully saturated rings. The van der Waals surface area contributed by atoms with Crippen LogP contribution in [0.15, 0.2) is 48.8 Å². The first-order valence-electron chi connectivity index (χ1n) is 14.6. The van der Waals surface area contributed by atoms with Gasteiger partial charge in [0.1, 0.15) is 11.7 Å². The van der Waals surface area contributed by atoms with Gasteiger partial charge >= 0.3 is 0 Å². The molecule has 0 amide bonds. The highest BCUT2D eigenvalue weighted by Gasteiger charge is 2.24. The lowest BCUT2D eigenvalue weighted by atomic mass is 9.95. The minimum absolute atomic E-state index is 0.242. The van der Waals surface area contributed by atoms with Crippen molar-refractivity contribution >= 4 is 42.4 Å².